The van der Waals surface area contributed by atoms with Crippen LogP contribution in [0.15, 0.2) is 17.0 Å². The molecule has 0 unspecified atom stereocenters. The van der Waals surface area contributed by atoms with Gasteiger partial charge in [-0.05, 0) is 25.0 Å². The van der Waals surface area contributed by atoms with E-state index in [1.54, 1.807) is 0 Å². The van der Waals surface area contributed by atoms with Crippen LogP contribution in [0.5, 0.6) is 0 Å². The van der Waals surface area contributed by atoms with E-state index in [-0.39, 0.29) is 27.6 Å². The van der Waals surface area contributed by atoms with Crippen molar-refractivity contribution in [3.05, 3.63) is 32.8 Å². The zero-order valence-corrected chi connectivity index (χ0v) is 11.3. The Balaban J connectivity index is 3.54. The lowest BCUT2D eigenvalue weighted by Crippen LogP contribution is -2.15. The number of halogens is 1. The van der Waals surface area contributed by atoms with Gasteiger partial charge in [0.25, 0.3) is 5.69 Å². The number of unbranched alkanes of at least 4 members (excludes halogenated alkanes) is 1. The molecule has 0 fully saturated rings. The Kier molecular flexibility index (Phi) is 4.66. The third-order valence-corrected chi connectivity index (χ3v) is 3.76. The number of benzene rings is 1. The van der Waals surface area contributed by atoms with Gasteiger partial charge in [0.1, 0.15) is 5.02 Å². The molecular formula is C10H13ClN2O4S. The minimum atomic E-state index is -4.00. The van der Waals surface area contributed by atoms with E-state index in [9.17, 15) is 18.5 Å². The molecule has 0 aliphatic carbocycles. The molecule has 0 aliphatic rings. The quantitative estimate of drug-likeness (QED) is 0.664. The van der Waals surface area contributed by atoms with E-state index in [0.29, 0.717) is 6.42 Å². The van der Waals surface area contributed by atoms with Crippen LogP contribution in [-0.4, -0.2) is 13.3 Å². The molecule has 0 saturated carbocycles. The fourth-order valence-corrected chi connectivity index (χ4v) is 2.69. The first-order valence-electron chi connectivity index (χ1n) is 5.27. The molecule has 100 valence electrons. The van der Waals surface area contributed by atoms with Crippen LogP contribution in [0.1, 0.15) is 25.3 Å². The van der Waals surface area contributed by atoms with Crippen LogP contribution in [0.3, 0.4) is 0 Å². The lowest BCUT2D eigenvalue weighted by atomic mass is 10.1. The number of nitro groups is 1. The second-order valence-corrected chi connectivity index (χ2v) is 5.72. The van der Waals surface area contributed by atoms with Crippen LogP contribution >= 0.6 is 11.6 Å². The van der Waals surface area contributed by atoms with Gasteiger partial charge < -0.3 is 0 Å². The first kappa shape index (κ1) is 14.9. The van der Waals surface area contributed by atoms with Crippen molar-refractivity contribution in [2.75, 3.05) is 0 Å². The number of nitrogens with zero attached hydrogens (tertiary/aromatic N) is 1. The highest BCUT2D eigenvalue weighted by molar-refractivity contribution is 7.89. The van der Waals surface area contributed by atoms with E-state index in [2.05, 4.69) is 0 Å². The van der Waals surface area contributed by atoms with Crippen LogP contribution in [-0.2, 0) is 16.4 Å². The van der Waals surface area contributed by atoms with Crippen LogP contribution in [0.2, 0.25) is 5.02 Å². The summed E-state index contributed by atoms with van der Waals surface area (Å²) < 4.78 is 22.8. The van der Waals surface area contributed by atoms with Crippen molar-refractivity contribution >= 4 is 27.3 Å². The van der Waals surface area contributed by atoms with Crippen molar-refractivity contribution in [2.24, 2.45) is 5.14 Å². The van der Waals surface area contributed by atoms with Gasteiger partial charge in [0.15, 0.2) is 0 Å². The molecule has 1 aromatic carbocycles. The number of sulfonamides is 1. The maximum Gasteiger partial charge on any atom is 0.292 e. The summed E-state index contributed by atoms with van der Waals surface area (Å²) in [5.74, 6) is 0. The number of rotatable bonds is 5. The molecule has 1 aromatic rings. The van der Waals surface area contributed by atoms with Gasteiger partial charge in [-0.15, -0.1) is 0 Å². The monoisotopic (exact) mass is 292 g/mol. The van der Waals surface area contributed by atoms with Gasteiger partial charge >= 0.3 is 0 Å². The summed E-state index contributed by atoms with van der Waals surface area (Å²) in [4.78, 5) is 10.1. The summed E-state index contributed by atoms with van der Waals surface area (Å²) >= 11 is 5.75. The molecule has 1 rings (SSSR count). The van der Waals surface area contributed by atoms with E-state index in [1.165, 1.54) is 12.1 Å². The second-order valence-electron chi connectivity index (χ2n) is 3.78. The standard InChI is InChI=1S/C10H13ClN2O4S/c1-2-3-4-7-9(18(12,16)17)6-5-8(11)10(7)13(14)15/h5-6H,2-4H2,1H3,(H2,12,16,17). The van der Waals surface area contributed by atoms with E-state index in [0.717, 1.165) is 6.42 Å². The van der Waals surface area contributed by atoms with Crippen molar-refractivity contribution in [2.45, 2.75) is 31.1 Å². The zero-order valence-electron chi connectivity index (χ0n) is 9.72. The summed E-state index contributed by atoms with van der Waals surface area (Å²) in [6.45, 7) is 1.90. The number of nitrogens with two attached hydrogens (primary N) is 1. The SMILES string of the molecule is CCCCc1c(S(N)(=O)=O)ccc(Cl)c1[N+](=O)[O-]. The van der Waals surface area contributed by atoms with Gasteiger partial charge in [0, 0.05) is 0 Å². The summed E-state index contributed by atoms with van der Waals surface area (Å²) in [6.07, 6.45) is 1.64. The molecule has 0 saturated heterocycles. The van der Waals surface area contributed by atoms with Gasteiger partial charge in [-0.3, -0.25) is 10.1 Å². The predicted octanol–water partition coefficient (Wildman–Crippen LogP) is 2.24. The molecule has 8 heteroatoms. The summed E-state index contributed by atoms with van der Waals surface area (Å²) in [5, 5.41) is 15.9. The highest BCUT2D eigenvalue weighted by atomic mass is 35.5. The van der Waals surface area contributed by atoms with Crippen molar-refractivity contribution in [1.82, 2.24) is 0 Å². The fourth-order valence-electron chi connectivity index (χ4n) is 1.65. The van der Waals surface area contributed by atoms with Crippen LogP contribution in [0.4, 0.5) is 5.69 Å². The van der Waals surface area contributed by atoms with Gasteiger partial charge in [0.2, 0.25) is 10.0 Å². The summed E-state index contributed by atoms with van der Waals surface area (Å²) in [7, 11) is -4.00. The largest absolute Gasteiger partial charge is 0.292 e. The van der Waals surface area contributed by atoms with E-state index >= 15 is 0 Å². The second kappa shape index (κ2) is 5.64. The average Bonchev–Trinajstić information content (AvgIpc) is 2.23. The summed E-state index contributed by atoms with van der Waals surface area (Å²) in [6, 6.07) is 2.38. The van der Waals surface area contributed by atoms with Gasteiger partial charge in [-0.1, -0.05) is 24.9 Å². The number of hydrogen-bond donors (Lipinski definition) is 1. The average molecular weight is 293 g/mol. The van der Waals surface area contributed by atoms with E-state index < -0.39 is 14.9 Å². The third kappa shape index (κ3) is 3.18. The molecule has 18 heavy (non-hydrogen) atoms. The first-order valence-corrected chi connectivity index (χ1v) is 7.20. The van der Waals surface area contributed by atoms with Crippen LogP contribution in [0.25, 0.3) is 0 Å². The lowest BCUT2D eigenvalue weighted by Gasteiger charge is -2.09. The molecule has 0 atom stereocenters. The molecule has 6 nitrogen and oxygen atoms in total. The van der Waals surface area contributed by atoms with E-state index in [1.807, 2.05) is 6.92 Å². The molecular weight excluding hydrogens is 280 g/mol. The van der Waals surface area contributed by atoms with Crippen molar-refractivity contribution in [3.63, 3.8) is 0 Å². The van der Waals surface area contributed by atoms with Crippen LogP contribution < -0.4 is 5.14 Å². The minimum absolute atomic E-state index is 0.0804. The highest BCUT2D eigenvalue weighted by Crippen LogP contribution is 2.33. The van der Waals surface area contributed by atoms with Gasteiger partial charge in [-0.2, -0.15) is 0 Å². The Bertz CT molecular complexity index is 571. The Hall–Kier alpha value is -1.18. The Labute approximate surface area is 110 Å². The molecule has 0 aliphatic heterocycles. The fraction of sp³-hybridized carbons (Fsp3) is 0.400. The highest BCUT2D eigenvalue weighted by Gasteiger charge is 2.26. The van der Waals surface area contributed by atoms with Crippen molar-refractivity contribution in [3.8, 4) is 0 Å². The first-order chi connectivity index (χ1) is 8.29. The third-order valence-electron chi connectivity index (χ3n) is 2.46. The lowest BCUT2D eigenvalue weighted by molar-refractivity contribution is -0.385. The zero-order chi connectivity index (χ0) is 13.9. The van der Waals surface area contributed by atoms with E-state index in [4.69, 9.17) is 16.7 Å². The van der Waals surface area contributed by atoms with Crippen molar-refractivity contribution in [1.29, 1.82) is 0 Å². The van der Waals surface area contributed by atoms with Crippen molar-refractivity contribution < 1.29 is 13.3 Å². The smallest absolute Gasteiger partial charge is 0.258 e. The number of hydrogen-bond acceptors (Lipinski definition) is 4. The normalized spacial score (nSPS) is 11.5. The Morgan fingerprint density at radius 1 is 1.44 bits per heavy atom. The maximum atomic E-state index is 11.4. The molecule has 0 bridgehead atoms. The van der Waals surface area contributed by atoms with Gasteiger partial charge in [-0.25, -0.2) is 13.6 Å². The van der Waals surface area contributed by atoms with Gasteiger partial charge in [0.05, 0.1) is 15.4 Å². The number of primary sulfonamides is 1. The predicted molar refractivity (Wildman–Crippen MR) is 68.1 cm³/mol. The molecule has 0 amide bonds. The molecule has 0 aromatic heterocycles. The minimum Gasteiger partial charge on any atom is -0.258 e. The molecule has 0 radical (unpaired) electrons. The maximum absolute atomic E-state index is 11.4. The molecule has 0 spiro atoms. The Morgan fingerprint density at radius 2 is 2.06 bits per heavy atom. The Morgan fingerprint density at radius 3 is 2.50 bits per heavy atom. The molecule has 0 heterocycles. The van der Waals surface area contributed by atoms with Crippen LogP contribution in [0, 0.1) is 10.1 Å². The summed E-state index contributed by atoms with van der Waals surface area (Å²) in [5.41, 5.74) is -0.298. The topological polar surface area (TPSA) is 103 Å². The molecule has 2 N–H and O–H groups in total. The number of nitro benzene ring substituents is 1.